The van der Waals surface area contributed by atoms with Gasteiger partial charge in [0.05, 0.1) is 5.41 Å². The van der Waals surface area contributed by atoms with E-state index >= 15 is 0 Å². The zero-order valence-electron chi connectivity index (χ0n) is 37.8. The lowest BCUT2D eigenvalue weighted by Gasteiger charge is -2.71. The number of esters is 1. The molecule has 1 N–H and O–H groups in total. The molecule has 0 saturated heterocycles. The zero-order chi connectivity index (χ0) is 41.7. The molecule has 6 aliphatic rings. The molecule has 5 nitrogen and oxygen atoms in total. The highest BCUT2D eigenvalue weighted by Gasteiger charge is 2.69. The summed E-state index contributed by atoms with van der Waals surface area (Å²) < 4.78 is 20.5. The number of carbonyl (C=O) groups is 2. The number of alkyl halides is 1. The molecule has 6 aliphatic carbocycles. The molecular formula is C52H77FN2O3. The maximum Gasteiger partial charge on any atom is 0.315 e. The standard InChI is InChI=1S/C52H77FN2O3/c1-10-30-55(31-11-2)32-29-54-52-28-27-49(8)40(45(52)44(36(3)4)41(56)33-52)17-18-43-48(7)23-21-39(47(5,6)42(48)22-24-50(43,49)9)38-19-25-51(35-53,26-20-38)46(57)58-34-37-15-13-12-14-16-37/h12-16,19,21,36,40,42-43,54H,10-11,17-18,20,22-35H2,1-9H3/t40-,42+,43-,48+,49-,50-,51+,52-/m1/s1. The molecule has 0 amide bonds. The average molecular weight is 797 g/mol. The average Bonchev–Trinajstić information content (AvgIpc) is 3.49. The molecule has 1 aromatic rings. The molecule has 8 atom stereocenters. The van der Waals surface area contributed by atoms with Crippen molar-refractivity contribution in [1.29, 1.82) is 0 Å². The second-order valence-corrected chi connectivity index (χ2v) is 21.5. The number of ether oxygens (including phenoxy) is 1. The fourth-order valence-corrected chi connectivity index (χ4v) is 14.8. The van der Waals surface area contributed by atoms with Crippen LogP contribution in [0, 0.1) is 50.7 Å². The topological polar surface area (TPSA) is 58.6 Å². The van der Waals surface area contributed by atoms with Gasteiger partial charge in [-0.3, -0.25) is 9.59 Å². The Hall–Kier alpha value is -2.57. The molecule has 0 bridgehead atoms. The van der Waals surface area contributed by atoms with Crippen LogP contribution in [-0.4, -0.2) is 55.0 Å². The summed E-state index contributed by atoms with van der Waals surface area (Å²) in [7, 11) is 0. The normalized spacial score (nSPS) is 36.8. The zero-order valence-corrected chi connectivity index (χ0v) is 37.8. The first-order chi connectivity index (χ1) is 27.6. The molecule has 0 radical (unpaired) electrons. The fraction of sp³-hybridized carbons (Fsp3) is 0.731. The third-order valence-electron chi connectivity index (χ3n) is 17.8. The van der Waals surface area contributed by atoms with E-state index in [2.05, 4.69) is 84.7 Å². The van der Waals surface area contributed by atoms with Crippen molar-refractivity contribution < 1.29 is 18.7 Å². The predicted molar refractivity (Wildman–Crippen MR) is 235 cm³/mol. The van der Waals surface area contributed by atoms with E-state index in [-0.39, 0.29) is 39.7 Å². The lowest BCUT2D eigenvalue weighted by Crippen LogP contribution is -2.66. The van der Waals surface area contributed by atoms with Gasteiger partial charge in [-0.05, 0) is 163 Å². The molecule has 0 spiro atoms. The van der Waals surface area contributed by atoms with Gasteiger partial charge in [-0.1, -0.05) is 105 Å². The molecule has 0 aliphatic heterocycles. The van der Waals surface area contributed by atoms with E-state index in [0.29, 0.717) is 49.2 Å². The van der Waals surface area contributed by atoms with Crippen LogP contribution in [-0.2, 0) is 20.9 Å². The number of nitrogens with one attached hydrogen (secondary N) is 1. The number of hydrogen-bond acceptors (Lipinski definition) is 5. The molecule has 58 heavy (non-hydrogen) atoms. The number of Topliss-reactive ketones (excluding diaryl/α,β-unsaturated/α-hetero) is 1. The Morgan fingerprint density at radius 3 is 2.24 bits per heavy atom. The van der Waals surface area contributed by atoms with Crippen LogP contribution < -0.4 is 5.32 Å². The third kappa shape index (κ3) is 7.04. The minimum absolute atomic E-state index is 0.0261. The monoisotopic (exact) mass is 797 g/mol. The van der Waals surface area contributed by atoms with E-state index in [1.54, 1.807) is 0 Å². The molecule has 1 aromatic carbocycles. The number of nitrogens with zero attached hydrogens (tertiary/aromatic N) is 1. The Morgan fingerprint density at radius 1 is 0.879 bits per heavy atom. The first-order valence-corrected chi connectivity index (χ1v) is 23.5. The highest BCUT2D eigenvalue weighted by Crippen LogP contribution is 2.76. The molecule has 6 heteroatoms. The van der Waals surface area contributed by atoms with E-state index < -0.39 is 18.1 Å². The molecule has 7 rings (SSSR count). The van der Waals surface area contributed by atoms with Gasteiger partial charge < -0.3 is 15.0 Å². The molecule has 3 fully saturated rings. The van der Waals surface area contributed by atoms with E-state index in [4.69, 9.17) is 4.74 Å². The number of allylic oxidation sites excluding steroid dienone is 5. The molecule has 320 valence electrons. The summed E-state index contributed by atoms with van der Waals surface area (Å²) >= 11 is 0. The predicted octanol–water partition coefficient (Wildman–Crippen LogP) is 11.8. The first kappa shape index (κ1) is 43.5. The van der Waals surface area contributed by atoms with Crippen LogP contribution in [0.4, 0.5) is 4.39 Å². The highest BCUT2D eigenvalue weighted by atomic mass is 19.1. The summed E-state index contributed by atoms with van der Waals surface area (Å²) in [5.41, 5.74) is 5.54. The largest absolute Gasteiger partial charge is 0.460 e. The number of carbonyl (C=O) groups excluding carboxylic acids is 2. The number of benzene rings is 1. The number of rotatable bonds is 14. The van der Waals surface area contributed by atoms with Crippen LogP contribution in [0.3, 0.4) is 0 Å². The Kier molecular flexibility index (Phi) is 12.3. The van der Waals surface area contributed by atoms with Crippen LogP contribution in [0.1, 0.15) is 151 Å². The van der Waals surface area contributed by atoms with Crippen molar-refractivity contribution in [2.45, 2.75) is 158 Å². The van der Waals surface area contributed by atoms with Crippen molar-refractivity contribution in [2.24, 2.45) is 50.7 Å². The van der Waals surface area contributed by atoms with Crippen LogP contribution in [0.25, 0.3) is 0 Å². The maximum atomic E-state index is 14.8. The quantitative estimate of drug-likeness (QED) is 0.190. The third-order valence-corrected chi connectivity index (χ3v) is 17.8. The Morgan fingerprint density at radius 2 is 1.60 bits per heavy atom. The van der Waals surface area contributed by atoms with Gasteiger partial charge in [0.15, 0.2) is 5.78 Å². The second kappa shape index (κ2) is 16.4. The SMILES string of the molecule is CCCN(CCC)CCN[C@@]12CC[C@]3(C)[C@H](CC[C@@H]4[C@@]5(C)CC=C(C6=CC[C@](CF)(C(=O)OCc7ccccc7)CC6)C(C)(C)[C@@H]5CC[C@]43C)C1=C(C(C)C)C(=O)C2. The lowest BCUT2D eigenvalue weighted by atomic mass is 9.33. The summed E-state index contributed by atoms with van der Waals surface area (Å²) in [6.07, 6.45) is 17.5. The van der Waals surface area contributed by atoms with Crippen molar-refractivity contribution in [3.8, 4) is 0 Å². The molecule has 3 saturated carbocycles. The summed E-state index contributed by atoms with van der Waals surface area (Å²) in [5.74, 6) is 1.82. The van der Waals surface area contributed by atoms with Crippen molar-refractivity contribution in [3.05, 3.63) is 70.3 Å². The Bertz CT molecular complexity index is 1790. The van der Waals surface area contributed by atoms with Crippen molar-refractivity contribution in [2.75, 3.05) is 32.9 Å². The smallest absolute Gasteiger partial charge is 0.315 e. The number of hydrogen-bond donors (Lipinski definition) is 1. The van der Waals surface area contributed by atoms with Gasteiger partial charge in [0.25, 0.3) is 0 Å². The van der Waals surface area contributed by atoms with Crippen molar-refractivity contribution in [1.82, 2.24) is 10.2 Å². The summed E-state index contributed by atoms with van der Waals surface area (Å²) in [6.45, 7) is 25.8. The van der Waals surface area contributed by atoms with Gasteiger partial charge in [-0.25, -0.2) is 4.39 Å². The minimum Gasteiger partial charge on any atom is -0.460 e. The second-order valence-electron chi connectivity index (χ2n) is 21.5. The van der Waals surface area contributed by atoms with Crippen LogP contribution >= 0.6 is 0 Å². The van der Waals surface area contributed by atoms with E-state index in [1.165, 1.54) is 61.7 Å². The van der Waals surface area contributed by atoms with Crippen LogP contribution in [0.2, 0.25) is 0 Å². The fourth-order valence-electron chi connectivity index (χ4n) is 14.8. The van der Waals surface area contributed by atoms with Crippen LogP contribution in [0.5, 0.6) is 0 Å². The maximum absolute atomic E-state index is 14.8. The van der Waals surface area contributed by atoms with Crippen LogP contribution in [0.15, 0.2) is 64.8 Å². The lowest BCUT2D eigenvalue weighted by molar-refractivity contribution is -0.196. The van der Waals surface area contributed by atoms with Gasteiger partial charge in [0, 0.05) is 25.0 Å². The number of fused-ring (bicyclic) bond motifs is 7. The summed E-state index contributed by atoms with van der Waals surface area (Å²) in [6, 6.07) is 9.68. The van der Waals surface area contributed by atoms with E-state index in [0.717, 1.165) is 50.2 Å². The minimum atomic E-state index is -1.10. The molecule has 0 heterocycles. The van der Waals surface area contributed by atoms with Gasteiger partial charge in [-0.2, -0.15) is 0 Å². The van der Waals surface area contributed by atoms with Gasteiger partial charge in [-0.15, -0.1) is 0 Å². The summed E-state index contributed by atoms with van der Waals surface area (Å²) in [4.78, 5) is 30.1. The van der Waals surface area contributed by atoms with Gasteiger partial charge in [0.1, 0.15) is 13.3 Å². The molecular weight excluding hydrogens is 720 g/mol. The highest BCUT2D eigenvalue weighted by molar-refractivity contribution is 6.01. The molecule has 0 unspecified atom stereocenters. The van der Waals surface area contributed by atoms with Crippen molar-refractivity contribution in [3.63, 3.8) is 0 Å². The van der Waals surface area contributed by atoms with Gasteiger partial charge in [0.2, 0.25) is 0 Å². The Balaban J connectivity index is 1.12. The first-order valence-electron chi connectivity index (χ1n) is 23.5. The van der Waals surface area contributed by atoms with E-state index in [1.807, 2.05) is 30.3 Å². The number of ketones is 1. The number of halogens is 1. The summed E-state index contributed by atoms with van der Waals surface area (Å²) in [5, 5.41) is 4.14. The van der Waals surface area contributed by atoms with Gasteiger partial charge >= 0.3 is 5.97 Å². The van der Waals surface area contributed by atoms with E-state index in [9.17, 15) is 14.0 Å². The Labute approximate surface area is 351 Å². The molecule has 0 aromatic heterocycles. The van der Waals surface area contributed by atoms with Crippen molar-refractivity contribution >= 4 is 11.8 Å².